The summed E-state index contributed by atoms with van der Waals surface area (Å²) in [5.74, 6) is 1.17. The molecule has 1 amide bonds. The number of aliphatic imine (C=N–C) groups is 1. The van der Waals surface area contributed by atoms with Gasteiger partial charge in [-0.2, -0.15) is 0 Å². The number of rotatable bonds is 8. The van der Waals surface area contributed by atoms with Crippen LogP contribution in [0.25, 0.3) is 0 Å². The van der Waals surface area contributed by atoms with Crippen LogP contribution in [0.1, 0.15) is 39.4 Å². The predicted molar refractivity (Wildman–Crippen MR) is 147 cm³/mol. The third-order valence-electron chi connectivity index (χ3n) is 4.97. The molecule has 0 aliphatic heterocycles. The van der Waals surface area contributed by atoms with Gasteiger partial charge in [0.15, 0.2) is 0 Å². The second-order valence-corrected chi connectivity index (χ2v) is 8.99. The number of aromatic nitrogens is 1. The number of ether oxygens (including phenoxy) is 1. The van der Waals surface area contributed by atoms with E-state index in [0.717, 1.165) is 23.4 Å². The average Bonchev–Trinajstić information content (AvgIpc) is 2.86. The van der Waals surface area contributed by atoms with Crippen LogP contribution in [0.15, 0.2) is 88.4 Å². The number of aryl methyl sites for hydroxylation is 2. The van der Waals surface area contributed by atoms with E-state index in [0.29, 0.717) is 34.1 Å². The molecule has 0 aliphatic carbocycles. The quantitative estimate of drug-likeness (QED) is 0.215. The highest BCUT2D eigenvalue weighted by molar-refractivity contribution is 7.79. The maximum absolute atomic E-state index is 12.6. The first-order valence-electron chi connectivity index (χ1n) is 11.5. The number of nitrogens with zero attached hydrogens (tertiary/aromatic N) is 2. The molecule has 8 heteroatoms. The largest absolute Gasteiger partial charge is 0.768 e. The van der Waals surface area contributed by atoms with Gasteiger partial charge in [0.25, 0.3) is 5.91 Å². The van der Waals surface area contributed by atoms with E-state index in [-0.39, 0.29) is 7.33 Å². The molecule has 3 aromatic rings. The number of hydrogen-bond donors (Lipinski definition) is 1. The molecule has 1 unspecified atom stereocenters. The highest BCUT2D eigenvalue weighted by atomic mass is 32.2. The van der Waals surface area contributed by atoms with Gasteiger partial charge in [-0.3, -0.25) is 19.0 Å². The summed E-state index contributed by atoms with van der Waals surface area (Å²) in [5, 5.41) is 2.93. The number of hydrogen-bond acceptors (Lipinski definition) is 6. The lowest BCUT2D eigenvalue weighted by atomic mass is 10.1. The summed E-state index contributed by atoms with van der Waals surface area (Å²) in [6.07, 6.45) is 5.09. The zero-order chi connectivity index (χ0) is 26.5. The van der Waals surface area contributed by atoms with Gasteiger partial charge < -0.3 is 14.6 Å². The van der Waals surface area contributed by atoms with Crippen molar-refractivity contribution in [3.8, 4) is 11.5 Å². The van der Waals surface area contributed by atoms with E-state index in [2.05, 4.69) is 15.3 Å². The van der Waals surface area contributed by atoms with E-state index in [1.54, 1.807) is 43.6 Å². The van der Waals surface area contributed by atoms with E-state index in [9.17, 15) is 13.6 Å². The van der Waals surface area contributed by atoms with Crippen LogP contribution in [0.5, 0.6) is 11.5 Å². The molecule has 1 heterocycles. The second-order valence-electron chi connectivity index (χ2n) is 8.05. The number of benzene rings is 2. The average molecular weight is 509 g/mol. The fourth-order valence-corrected chi connectivity index (χ4v) is 3.34. The minimum absolute atomic E-state index is 0. The lowest BCUT2D eigenvalue weighted by Gasteiger charge is -2.11. The van der Waals surface area contributed by atoms with Crippen molar-refractivity contribution < 1.29 is 19.7 Å². The van der Waals surface area contributed by atoms with E-state index in [4.69, 9.17) is 4.74 Å². The van der Waals surface area contributed by atoms with Gasteiger partial charge in [-0.15, -0.1) is 0 Å². The van der Waals surface area contributed by atoms with Gasteiger partial charge in [-0.25, -0.2) is 0 Å². The Morgan fingerprint density at radius 1 is 1.14 bits per heavy atom. The first-order chi connectivity index (χ1) is 17.2. The van der Waals surface area contributed by atoms with E-state index in [1.807, 2.05) is 64.1 Å². The zero-order valence-electron chi connectivity index (χ0n) is 21.3. The van der Waals surface area contributed by atoms with Gasteiger partial charge in [0.1, 0.15) is 11.5 Å². The van der Waals surface area contributed by atoms with Gasteiger partial charge in [-0.05, 0) is 80.7 Å². The molecule has 1 atom stereocenters. The van der Waals surface area contributed by atoms with E-state index < -0.39 is 11.1 Å². The Bertz CT molecular complexity index is 1230. The van der Waals surface area contributed by atoms with Crippen molar-refractivity contribution in [2.45, 2.75) is 45.4 Å². The maximum Gasteiger partial charge on any atom is 0.251 e. The zero-order valence-corrected chi connectivity index (χ0v) is 22.1. The minimum Gasteiger partial charge on any atom is -0.768 e. The summed E-state index contributed by atoms with van der Waals surface area (Å²) < 4.78 is 26.4. The molecule has 192 valence electrons. The van der Waals surface area contributed by atoms with Crippen molar-refractivity contribution in [3.05, 3.63) is 89.8 Å². The molecule has 0 fully saturated rings. The normalized spacial score (nSPS) is 12.3. The summed E-state index contributed by atoms with van der Waals surface area (Å²) in [6.45, 7) is 7.76. The number of anilines is 1. The van der Waals surface area contributed by atoms with Gasteiger partial charge >= 0.3 is 0 Å². The van der Waals surface area contributed by atoms with Crippen molar-refractivity contribution in [3.63, 3.8) is 0 Å². The Labute approximate surface area is 217 Å². The molecule has 0 spiro atoms. The standard InChI is InChI=1S/C21H25N3O2.C7H8O2S.H2/c1-5-7-17(12-16(3)22-4)21(25)24-18-8-6-9-19(13-18)26-20-11-10-15(2)23-14-20;1-6-2-4-7(5-3-6)10(8)9;/h6,8-14H,5,7H2,1-4H3,(H,24,25);2-5H,1H3,(H,8,9);1H/p-1/b17-12+,22-16?;;. The summed E-state index contributed by atoms with van der Waals surface area (Å²) in [4.78, 5) is 21.2. The van der Waals surface area contributed by atoms with Crippen LogP contribution in [0, 0.1) is 13.8 Å². The third-order valence-corrected chi connectivity index (χ3v) is 5.63. The first kappa shape index (κ1) is 28.6. The van der Waals surface area contributed by atoms with Crippen molar-refractivity contribution in [1.82, 2.24) is 4.98 Å². The van der Waals surface area contributed by atoms with Crippen LogP contribution in [0.4, 0.5) is 5.69 Å². The van der Waals surface area contributed by atoms with Crippen molar-refractivity contribution >= 4 is 28.4 Å². The molecule has 36 heavy (non-hydrogen) atoms. The number of amides is 1. The molecule has 7 nitrogen and oxygen atoms in total. The highest BCUT2D eigenvalue weighted by Gasteiger charge is 2.10. The van der Waals surface area contributed by atoms with Crippen molar-refractivity contribution in [2.24, 2.45) is 4.99 Å². The van der Waals surface area contributed by atoms with Gasteiger partial charge in [0, 0.05) is 42.1 Å². The predicted octanol–water partition coefficient (Wildman–Crippen LogP) is 6.42. The van der Waals surface area contributed by atoms with E-state index in [1.165, 1.54) is 0 Å². The number of carbonyl (C=O) groups is 1. The van der Waals surface area contributed by atoms with Crippen molar-refractivity contribution in [1.29, 1.82) is 0 Å². The number of carbonyl (C=O) groups excluding carboxylic acids is 1. The Balaban J connectivity index is 0.000000523. The van der Waals surface area contributed by atoms with Gasteiger partial charge in [-0.1, -0.05) is 37.1 Å². The first-order valence-corrected chi connectivity index (χ1v) is 12.6. The number of pyridine rings is 1. The lowest BCUT2D eigenvalue weighted by molar-refractivity contribution is -0.113. The SMILES string of the molecule is CCC/C(=C\C(C)=NC)C(=O)Nc1cccc(Oc2ccc(C)nc2)c1.Cc1ccc(S(=O)[O-])cc1.[HH]. The van der Waals surface area contributed by atoms with Crippen molar-refractivity contribution in [2.75, 3.05) is 12.4 Å². The third kappa shape index (κ3) is 9.93. The Kier molecular flexibility index (Phi) is 11.7. The van der Waals surface area contributed by atoms with Crippen LogP contribution in [-0.4, -0.2) is 32.4 Å². The Morgan fingerprint density at radius 2 is 1.86 bits per heavy atom. The van der Waals surface area contributed by atoms with Crippen LogP contribution >= 0.6 is 0 Å². The fourth-order valence-electron chi connectivity index (χ4n) is 2.99. The maximum atomic E-state index is 12.6. The van der Waals surface area contributed by atoms with Gasteiger partial charge in [0.05, 0.1) is 6.20 Å². The second kappa shape index (κ2) is 14.7. The van der Waals surface area contributed by atoms with Gasteiger partial charge in [0.2, 0.25) is 0 Å². The molecular weight excluding hydrogens is 474 g/mol. The molecule has 0 aliphatic rings. The Hall–Kier alpha value is -3.62. The number of allylic oxidation sites excluding steroid dienone is 1. The Morgan fingerprint density at radius 3 is 2.44 bits per heavy atom. The molecular formula is C28H34N3O4S-. The monoisotopic (exact) mass is 508 g/mol. The van der Waals surface area contributed by atoms with Crippen LogP contribution < -0.4 is 10.1 Å². The lowest BCUT2D eigenvalue weighted by Crippen LogP contribution is -2.15. The molecule has 0 saturated heterocycles. The van der Waals surface area contributed by atoms with E-state index >= 15 is 0 Å². The van der Waals surface area contributed by atoms with Crippen LogP contribution in [-0.2, 0) is 15.9 Å². The highest BCUT2D eigenvalue weighted by Crippen LogP contribution is 2.24. The molecule has 3 rings (SSSR count). The summed E-state index contributed by atoms with van der Waals surface area (Å²) in [6, 6.07) is 17.8. The summed E-state index contributed by atoms with van der Waals surface area (Å²) in [7, 11) is 1.72. The number of nitrogens with one attached hydrogen (secondary N) is 1. The summed E-state index contributed by atoms with van der Waals surface area (Å²) in [5.41, 5.74) is 4.21. The van der Waals surface area contributed by atoms with Crippen LogP contribution in [0.3, 0.4) is 0 Å². The molecule has 1 aromatic heterocycles. The topological polar surface area (TPSA) is 104 Å². The molecule has 0 saturated carbocycles. The molecule has 0 bridgehead atoms. The van der Waals surface area contributed by atoms with Crippen LogP contribution in [0.2, 0.25) is 0 Å². The molecule has 1 N–H and O–H groups in total. The summed E-state index contributed by atoms with van der Waals surface area (Å²) >= 11 is -2.09. The minimum atomic E-state index is -2.09. The smallest absolute Gasteiger partial charge is 0.251 e. The fraction of sp³-hybridized carbons (Fsp3) is 0.250. The molecule has 2 aromatic carbocycles. The molecule has 0 radical (unpaired) electrons.